The molecule has 4 nitrogen and oxygen atoms in total. The van der Waals surface area contributed by atoms with Crippen molar-refractivity contribution >= 4 is 35.0 Å². The van der Waals surface area contributed by atoms with Gasteiger partial charge in [0.25, 0.3) is 5.91 Å². The van der Waals surface area contributed by atoms with Crippen LogP contribution in [0.4, 0.5) is 11.4 Å². The smallest absolute Gasteiger partial charge is 0.266 e. The molecule has 2 aromatic carbocycles. The van der Waals surface area contributed by atoms with E-state index in [2.05, 4.69) is 5.32 Å². The highest BCUT2D eigenvalue weighted by molar-refractivity contribution is 8.02. The summed E-state index contributed by atoms with van der Waals surface area (Å²) in [5, 5.41) is 2.92. The fraction of sp³-hybridized carbons (Fsp3) is 0.222. The van der Waals surface area contributed by atoms with Crippen LogP contribution in [0.25, 0.3) is 0 Å². The number of carbonyl (C=O) groups excluding carboxylic acids is 2. The van der Waals surface area contributed by atoms with E-state index in [9.17, 15) is 9.59 Å². The van der Waals surface area contributed by atoms with Crippen LogP contribution in [0.3, 0.4) is 0 Å². The van der Waals surface area contributed by atoms with E-state index in [1.54, 1.807) is 4.90 Å². The summed E-state index contributed by atoms with van der Waals surface area (Å²) < 4.78 is 0. The topological polar surface area (TPSA) is 49.4 Å². The van der Waals surface area contributed by atoms with Gasteiger partial charge in [0.15, 0.2) is 0 Å². The lowest BCUT2D eigenvalue weighted by atomic mass is 10.0. The first-order valence-corrected chi connectivity index (χ1v) is 8.48. The molecule has 4 rings (SSSR count). The molecule has 1 fully saturated rings. The Hall–Kier alpha value is -2.27. The summed E-state index contributed by atoms with van der Waals surface area (Å²) in [6.45, 7) is 4.05. The maximum Gasteiger partial charge on any atom is 0.266 e. The third kappa shape index (κ3) is 1.86. The first-order chi connectivity index (χ1) is 11.0. The van der Waals surface area contributed by atoms with Crippen molar-refractivity contribution < 1.29 is 9.59 Å². The molecule has 0 saturated carbocycles. The second kappa shape index (κ2) is 4.86. The quantitative estimate of drug-likeness (QED) is 0.876. The van der Waals surface area contributed by atoms with Crippen LogP contribution in [0.2, 0.25) is 0 Å². The Morgan fingerprint density at radius 2 is 1.87 bits per heavy atom. The van der Waals surface area contributed by atoms with Gasteiger partial charge in [-0.2, -0.15) is 0 Å². The predicted molar refractivity (Wildman–Crippen MR) is 92.6 cm³/mol. The molecule has 2 aliphatic rings. The lowest BCUT2D eigenvalue weighted by Crippen LogP contribution is -2.47. The number of thioether (sulfide) groups is 1. The summed E-state index contributed by atoms with van der Waals surface area (Å²) in [5.74, 6) is 0.118. The van der Waals surface area contributed by atoms with E-state index in [1.165, 1.54) is 17.3 Å². The zero-order chi connectivity index (χ0) is 16.2. The molecule has 2 amide bonds. The van der Waals surface area contributed by atoms with Crippen molar-refractivity contribution in [2.45, 2.75) is 18.7 Å². The van der Waals surface area contributed by atoms with Crippen LogP contribution in [0.5, 0.6) is 0 Å². The molecule has 0 bridgehead atoms. The van der Waals surface area contributed by atoms with Crippen molar-refractivity contribution in [2.75, 3.05) is 16.0 Å². The van der Waals surface area contributed by atoms with Gasteiger partial charge in [-0.25, -0.2) is 0 Å². The van der Waals surface area contributed by atoms with Gasteiger partial charge in [0.1, 0.15) is 0 Å². The first-order valence-electron chi connectivity index (χ1n) is 7.49. The van der Waals surface area contributed by atoms with Gasteiger partial charge in [-0.1, -0.05) is 24.3 Å². The molecule has 2 aromatic rings. The number of nitrogens with one attached hydrogen (secondary N) is 1. The zero-order valence-corrected chi connectivity index (χ0v) is 13.7. The van der Waals surface area contributed by atoms with E-state index in [0.717, 1.165) is 22.5 Å². The second-order valence-electron chi connectivity index (χ2n) is 5.93. The molecule has 2 aliphatic heterocycles. The van der Waals surface area contributed by atoms with E-state index in [0.29, 0.717) is 5.75 Å². The van der Waals surface area contributed by atoms with Crippen LogP contribution < -0.4 is 10.2 Å². The lowest BCUT2D eigenvalue weighted by molar-refractivity contribution is -0.122. The molecule has 0 aliphatic carbocycles. The number of aryl methyl sites for hydroxylation is 2. The Kier molecular flexibility index (Phi) is 3.03. The summed E-state index contributed by atoms with van der Waals surface area (Å²) in [6, 6.07) is 13.5. The normalized spacial score (nSPS) is 22.6. The van der Waals surface area contributed by atoms with Gasteiger partial charge in [0.2, 0.25) is 10.8 Å². The number of carbonyl (C=O) groups is 2. The number of para-hydroxylation sites is 1. The highest BCUT2D eigenvalue weighted by Crippen LogP contribution is 2.53. The number of benzene rings is 2. The fourth-order valence-corrected chi connectivity index (χ4v) is 4.56. The number of rotatable bonds is 1. The highest BCUT2D eigenvalue weighted by atomic mass is 32.2. The third-order valence-corrected chi connectivity index (χ3v) is 5.96. The first kappa shape index (κ1) is 14.3. The Balaban J connectivity index is 1.93. The number of hydrogen-bond donors (Lipinski definition) is 1. The van der Waals surface area contributed by atoms with Crippen molar-refractivity contribution in [1.82, 2.24) is 0 Å². The van der Waals surface area contributed by atoms with Crippen LogP contribution >= 0.6 is 11.8 Å². The average molecular weight is 324 g/mol. The maximum atomic E-state index is 12.8. The van der Waals surface area contributed by atoms with Gasteiger partial charge in [0, 0.05) is 16.9 Å². The summed E-state index contributed by atoms with van der Waals surface area (Å²) in [7, 11) is 0. The van der Waals surface area contributed by atoms with E-state index < -0.39 is 4.87 Å². The van der Waals surface area contributed by atoms with Gasteiger partial charge >= 0.3 is 0 Å². The van der Waals surface area contributed by atoms with E-state index >= 15 is 0 Å². The van der Waals surface area contributed by atoms with Crippen LogP contribution in [-0.4, -0.2) is 17.6 Å². The fourth-order valence-electron chi connectivity index (χ4n) is 3.24. The average Bonchev–Trinajstić information content (AvgIpc) is 3.02. The highest BCUT2D eigenvalue weighted by Gasteiger charge is 2.58. The molecule has 1 atom stereocenters. The monoisotopic (exact) mass is 324 g/mol. The Labute approximate surface area is 138 Å². The minimum absolute atomic E-state index is 0.0369. The molecule has 1 unspecified atom stereocenters. The van der Waals surface area contributed by atoms with Crippen LogP contribution in [0.1, 0.15) is 16.7 Å². The van der Waals surface area contributed by atoms with E-state index in [1.807, 2.05) is 56.3 Å². The summed E-state index contributed by atoms with van der Waals surface area (Å²) in [5.41, 5.74) is 4.69. The minimum Gasteiger partial charge on any atom is -0.323 e. The number of hydrogen-bond acceptors (Lipinski definition) is 3. The number of fused-ring (bicyclic) bond motifs is 2. The third-order valence-electron chi connectivity index (χ3n) is 4.57. The van der Waals surface area contributed by atoms with E-state index in [-0.39, 0.29) is 11.8 Å². The Morgan fingerprint density at radius 3 is 2.65 bits per heavy atom. The summed E-state index contributed by atoms with van der Waals surface area (Å²) in [6.07, 6.45) is 0. The molecule has 5 heteroatoms. The maximum absolute atomic E-state index is 12.8. The number of anilines is 2. The minimum atomic E-state index is -0.991. The molecule has 0 aromatic heterocycles. The molecule has 2 heterocycles. The Bertz CT molecular complexity index is 849. The van der Waals surface area contributed by atoms with Crippen molar-refractivity contribution in [3.05, 3.63) is 59.2 Å². The van der Waals surface area contributed by atoms with Gasteiger partial charge < -0.3 is 5.32 Å². The number of amides is 2. The molecule has 23 heavy (non-hydrogen) atoms. The van der Waals surface area contributed by atoms with Crippen molar-refractivity contribution in [3.8, 4) is 0 Å². The largest absolute Gasteiger partial charge is 0.323 e. The molecule has 1 spiro atoms. The van der Waals surface area contributed by atoms with Gasteiger partial charge in [-0.3, -0.25) is 14.5 Å². The molecule has 1 N–H and O–H groups in total. The van der Waals surface area contributed by atoms with Crippen molar-refractivity contribution in [1.29, 1.82) is 0 Å². The van der Waals surface area contributed by atoms with Crippen molar-refractivity contribution in [3.63, 3.8) is 0 Å². The standard InChI is InChI=1S/C18H16N2O2S/c1-11-7-8-13(9-12(11)2)20-16(21)10-23-18(20)14-5-3-4-6-15(14)19-17(18)22/h3-9H,10H2,1-2H3,(H,19,22). The number of nitrogens with zero attached hydrogens (tertiary/aromatic N) is 1. The van der Waals surface area contributed by atoms with Gasteiger partial charge in [0.05, 0.1) is 5.75 Å². The predicted octanol–water partition coefficient (Wildman–Crippen LogP) is 3.19. The summed E-state index contributed by atoms with van der Waals surface area (Å²) >= 11 is 1.39. The summed E-state index contributed by atoms with van der Waals surface area (Å²) in [4.78, 5) is 26.1. The van der Waals surface area contributed by atoms with Gasteiger partial charge in [-0.05, 0) is 43.2 Å². The Morgan fingerprint density at radius 1 is 1.09 bits per heavy atom. The molecule has 1 saturated heterocycles. The zero-order valence-electron chi connectivity index (χ0n) is 12.9. The second-order valence-corrected chi connectivity index (χ2v) is 7.10. The van der Waals surface area contributed by atoms with Gasteiger partial charge in [-0.15, -0.1) is 11.8 Å². The molecular weight excluding hydrogens is 308 g/mol. The van der Waals surface area contributed by atoms with Crippen LogP contribution in [0, 0.1) is 13.8 Å². The van der Waals surface area contributed by atoms with Crippen LogP contribution in [-0.2, 0) is 14.5 Å². The molecule has 116 valence electrons. The lowest BCUT2D eigenvalue weighted by Gasteiger charge is -2.32. The van der Waals surface area contributed by atoms with Crippen molar-refractivity contribution in [2.24, 2.45) is 0 Å². The SMILES string of the molecule is Cc1ccc(N2C(=O)CSC23C(=O)Nc2ccccc23)cc1C. The molecule has 0 radical (unpaired) electrons. The van der Waals surface area contributed by atoms with Crippen LogP contribution in [0.15, 0.2) is 42.5 Å². The van der Waals surface area contributed by atoms with E-state index in [4.69, 9.17) is 0 Å². The molecular formula is C18H16N2O2S.